The van der Waals surface area contributed by atoms with Crippen LogP contribution in [0.2, 0.25) is 0 Å². The van der Waals surface area contributed by atoms with Crippen LogP contribution in [0.5, 0.6) is 0 Å². The minimum absolute atomic E-state index is 0.186. The van der Waals surface area contributed by atoms with E-state index in [-0.39, 0.29) is 19.2 Å². The van der Waals surface area contributed by atoms with E-state index in [1.165, 1.54) is 128 Å². The lowest BCUT2D eigenvalue weighted by atomic mass is 10.0. The molecule has 0 aromatic carbocycles. The van der Waals surface area contributed by atoms with Crippen molar-refractivity contribution in [2.24, 2.45) is 0 Å². The molecule has 1 atom stereocenters. The molecule has 0 saturated carbocycles. The van der Waals surface area contributed by atoms with Gasteiger partial charge in [-0.1, -0.05) is 208 Å². The molecule has 57 heavy (non-hydrogen) atoms. The average Bonchev–Trinajstić information content (AvgIpc) is 3.22. The van der Waals surface area contributed by atoms with Crippen molar-refractivity contribution < 1.29 is 19.4 Å². The molecule has 1 unspecified atom stereocenters. The lowest BCUT2D eigenvalue weighted by molar-refractivity contribution is -0.154. The van der Waals surface area contributed by atoms with Gasteiger partial charge in [0, 0.05) is 13.0 Å². The van der Waals surface area contributed by atoms with E-state index >= 15 is 0 Å². The van der Waals surface area contributed by atoms with Crippen LogP contribution in [0.3, 0.4) is 0 Å². The van der Waals surface area contributed by atoms with E-state index in [4.69, 9.17) is 9.47 Å². The number of aliphatic hydroxyl groups is 1. The molecule has 4 heteroatoms. The van der Waals surface area contributed by atoms with Crippen molar-refractivity contribution in [2.75, 3.05) is 19.8 Å². The number of rotatable bonds is 44. The molecule has 4 nitrogen and oxygen atoms in total. The van der Waals surface area contributed by atoms with Crippen molar-refractivity contribution in [1.82, 2.24) is 0 Å². The summed E-state index contributed by atoms with van der Waals surface area (Å²) in [6, 6.07) is 0. The van der Waals surface area contributed by atoms with Gasteiger partial charge in [-0.3, -0.25) is 4.79 Å². The molecular weight excluding hydrogens is 701 g/mol. The second-order valence-corrected chi connectivity index (χ2v) is 15.8. The van der Waals surface area contributed by atoms with E-state index in [0.29, 0.717) is 13.0 Å². The zero-order valence-electron chi connectivity index (χ0n) is 37.6. The molecule has 0 amide bonds. The first-order chi connectivity index (χ1) is 28.2. The molecule has 0 aromatic rings. The molecular formula is C53H92O4. The Balaban J connectivity index is 3.48. The van der Waals surface area contributed by atoms with Gasteiger partial charge in [-0.15, -0.1) is 0 Å². The predicted octanol–water partition coefficient (Wildman–Crippen LogP) is 16.3. The van der Waals surface area contributed by atoms with E-state index < -0.39 is 6.10 Å². The van der Waals surface area contributed by atoms with Gasteiger partial charge in [-0.05, 0) is 89.9 Å². The molecule has 0 radical (unpaired) electrons. The van der Waals surface area contributed by atoms with Crippen LogP contribution in [0, 0.1) is 0 Å². The fourth-order valence-electron chi connectivity index (χ4n) is 6.62. The summed E-state index contributed by atoms with van der Waals surface area (Å²) >= 11 is 0. The van der Waals surface area contributed by atoms with Gasteiger partial charge in [0.1, 0.15) is 6.10 Å². The predicted molar refractivity (Wildman–Crippen MR) is 251 cm³/mol. The molecule has 0 saturated heterocycles. The summed E-state index contributed by atoms with van der Waals surface area (Å²) in [6.07, 6.45) is 69.5. The quantitative estimate of drug-likeness (QED) is 0.0379. The SMILES string of the molecule is CC/C=C\C/C=C\C/C=C\C/C=C\C/C=C\CCCCCCOCC(CO)OC(=O)CCCCCCCCCCCCCCC/C=C\C/C=C\CCCCCCC. The average molecular weight is 793 g/mol. The van der Waals surface area contributed by atoms with E-state index in [9.17, 15) is 9.90 Å². The Morgan fingerprint density at radius 2 is 0.789 bits per heavy atom. The number of unbranched alkanes of at least 4 members (excludes halogenated alkanes) is 22. The standard InChI is InChI=1S/C53H92O4/c1-3-5-7-9-11-13-15-17-19-21-23-25-26-27-28-29-30-32-34-36-38-40-42-44-46-48-53(55)57-52(50-54)51-56-49-47-45-43-41-39-37-35-33-31-24-22-20-18-16-14-12-10-8-6-4-2/h6,8,12,14-15,17-18,20-21,23-24,31,35,37,52,54H,3-5,7,9-11,13,16,19,22,25-30,32-34,36,38-51H2,1-2H3/b8-6-,14-12-,17-15-,20-18-,23-21-,31-24-,37-35-. The van der Waals surface area contributed by atoms with Gasteiger partial charge in [0.05, 0.1) is 13.2 Å². The van der Waals surface area contributed by atoms with Crippen molar-refractivity contribution in [3.8, 4) is 0 Å². The zero-order chi connectivity index (χ0) is 41.2. The lowest BCUT2D eigenvalue weighted by Crippen LogP contribution is -2.27. The highest BCUT2D eigenvalue weighted by molar-refractivity contribution is 5.69. The van der Waals surface area contributed by atoms with Crippen molar-refractivity contribution in [2.45, 2.75) is 225 Å². The molecule has 0 rings (SSSR count). The van der Waals surface area contributed by atoms with Gasteiger partial charge >= 0.3 is 5.97 Å². The minimum atomic E-state index is -0.554. The fraction of sp³-hybridized carbons (Fsp3) is 0.717. The highest BCUT2D eigenvalue weighted by atomic mass is 16.6. The van der Waals surface area contributed by atoms with Crippen molar-refractivity contribution in [3.05, 3.63) is 85.1 Å². The van der Waals surface area contributed by atoms with E-state index in [1.54, 1.807) is 0 Å². The van der Waals surface area contributed by atoms with Gasteiger partial charge in [0.15, 0.2) is 0 Å². The number of ether oxygens (including phenoxy) is 2. The first kappa shape index (κ1) is 54.6. The Kier molecular flexibility index (Phi) is 47.6. The third-order valence-electron chi connectivity index (χ3n) is 10.2. The van der Waals surface area contributed by atoms with E-state index in [2.05, 4.69) is 98.9 Å². The molecule has 0 fully saturated rings. The molecule has 0 heterocycles. The number of allylic oxidation sites excluding steroid dienone is 14. The third kappa shape index (κ3) is 47.8. The van der Waals surface area contributed by atoms with Gasteiger partial charge in [0.25, 0.3) is 0 Å². The number of aliphatic hydroxyl groups excluding tert-OH is 1. The fourth-order valence-corrected chi connectivity index (χ4v) is 6.62. The van der Waals surface area contributed by atoms with Crippen molar-refractivity contribution in [3.63, 3.8) is 0 Å². The Bertz CT molecular complexity index is 1020. The van der Waals surface area contributed by atoms with Crippen LogP contribution in [-0.4, -0.2) is 37.0 Å². The van der Waals surface area contributed by atoms with Gasteiger partial charge in [-0.2, -0.15) is 0 Å². The lowest BCUT2D eigenvalue weighted by Gasteiger charge is -2.15. The summed E-state index contributed by atoms with van der Waals surface area (Å²) in [7, 11) is 0. The topological polar surface area (TPSA) is 55.8 Å². The number of carbonyl (C=O) groups is 1. The number of esters is 1. The normalized spacial score (nSPS) is 13.1. The first-order valence-corrected chi connectivity index (χ1v) is 24.2. The van der Waals surface area contributed by atoms with Crippen LogP contribution in [0.1, 0.15) is 219 Å². The monoisotopic (exact) mass is 793 g/mol. The summed E-state index contributed by atoms with van der Waals surface area (Å²) in [5.41, 5.74) is 0. The smallest absolute Gasteiger partial charge is 0.306 e. The largest absolute Gasteiger partial charge is 0.457 e. The maximum absolute atomic E-state index is 12.3. The van der Waals surface area contributed by atoms with Crippen LogP contribution in [0.4, 0.5) is 0 Å². The third-order valence-corrected chi connectivity index (χ3v) is 10.2. The van der Waals surface area contributed by atoms with E-state index in [0.717, 1.165) is 70.6 Å². The molecule has 0 aliphatic carbocycles. The Morgan fingerprint density at radius 3 is 1.19 bits per heavy atom. The Hall–Kier alpha value is -2.43. The van der Waals surface area contributed by atoms with E-state index in [1.807, 2.05) is 0 Å². The summed E-state index contributed by atoms with van der Waals surface area (Å²) in [6.45, 7) is 5.17. The number of carbonyl (C=O) groups excluding carboxylic acids is 1. The van der Waals surface area contributed by atoms with Crippen LogP contribution in [0.25, 0.3) is 0 Å². The van der Waals surface area contributed by atoms with Crippen molar-refractivity contribution in [1.29, 1.82) is 0 Å². The van der Waals surface area contributed by atoms with Gasteiger partial charge in [0.2, 0.25) is 0 Å². The summed E-state index contributed by atoms with van der Waals surface area (Å²) in [4.78, 5) is 12.3. The Labute approximate surface area is 354 Å². The zero-order valence-corrected chi connectivity index (χ0v) is 37.6. The van der Waals surface area contributed by atoms with Crippen LogP contribution in [0.15, 0.2) is 85.1 Å². The molecule has 0 aromatic heterocycles. The van der Waals surface area contributed by atoms with Crippen LogP contribution < -0.4 is 0 Å². The van der Waals surface area contributed by atoms with Crippen LogP contribution >= 0.6 is 0 Å². The van der Waals surface area contributed by atoms with Crippen molar-refractivity contribution >= 4 is 5.97 Å². The van der Waals surface area contributed by atoms with Crippen LogP contribution in [-0.2, 0) is 14.3 Å². The summed E-state index contributed by atoms with van der Waals surface area (Å²) in [5.74, 6) is -0.212. The number of hydrogen-bond acceptors (Lipinski definition) is 4. The summed E-state index contributed by atoms with van der Waals surface area (Å²) < 4.78 is 11.2. The highest BCUT2D eigenvalue weighted by Crippen LogP contribution is 2.14. The molecule has 0 bridgehead atoms. The number of hydrogen-bond donors (Lipinski definition) is 1. The Morgan fingerprint density at radius 1 is 0.439 bits per heavy atom. The molecule has 328 valence electrons. The highest BCUT2D eigenvalue weighted by Gasteiger charge is 2.13. The second kappa shape index (κ2) is 49.7. The molecule has 1 N–H and O–H groups in total. The minimum Gasteiger partial charge on any atom is -0.457 e. The van der Waals surface area contributed by atoms with Gasteiger partial charge in [-0.25, -0.2) is 0 Å². The molecule has 0 aliphatic heterocycles. The van der Waals surface area contributed by atoms with Gasteiger partial charge < -0.3 is 14.6 Å². The second-order valence-electron chi connectivity index (χ2n) is 15.8. The maximum atomic E-state index is 12.3. The first-order valence-electron chi connectivity index (χ1n) is 24.2. The molecule has 0 aliphatic rings. The molecule has 0 spiro atoms. The summed E-state index contributed by atoms with van der Waals surface area (Å²) in [5, 5.41) is 9.63. The maximum Gasteiger partial charge on any atom is 0.306 e.